The first-order chi connectivity index (χ1) is 8.47. The Kier molecular flexibility index (Phi) is 5.12. The third-order valence-electron chi connectivity index (χ3n) is 3.19. The maximum atomic E-state index is 12.1. The highest BCUT2D eigenvalue weighted by Gasteiger charge is 2.34. The van der Waals surface area contributed by atoms with Crippen LogP contribution in [-0.4, -0.2) is 47.5 Å². The molecule has 1 heterocycles. The van der Waals surface area contributed by atoms with Crippen molar-refractivity contribution in [3.63, 3.8) is 0 Å². The summed E-state index contributed by atoms with van der Waals surface area (Å²) in [6, 6.07) is -0.758. The number of esters is 1. The van der Waals surface area contributed by atoms with Crippen LogP contribution < -0.4 is 0 Å². The van der Waals surface area contributed by atoms with Crippen LogP contribution in [0.5, 0.6) is 0 Å². The summed E-state index contributed by atoms with van der Waals surface area (Å²) in [5.41, 5.74) is 0. The van der Waals surface area contributed by atoms with E-state index in [0.29, 0.717) is 13.0 Å². The first-order valence-electron chi connectivity index (χ1n) is 6.07. The van der Waals surface area contributed by atoms with Crippen molar-refractivity contribution in [2.45, 2.75) is 38.6 Å². The molecule has 0 bridgehead atoms. The molecule has 2 unspecified atom stereocenters. The van der Waals surface area contributed by atoms with Gasteiger partial charge in [-0.3, -0.25) is 9.59 Å². The van der Waals surface area contributed by atoms with Gasteiger partial charge in [0.2, 0.25) is 5.91 Å². The van der Waals surface area contributed by atoms with E-state index in [9.17, 15) is 14.4 Å². The predicted molar refractivity (Wildman–Crippen MR) is 62.8 cm³/mol. The van der Waals surface area contributed by atoms with Gasteiger partial charge in [0.05, 0.1) is 13.5 Å². The maximum Gasteiger partial charge on any atom is 0.326 e. The standard InChI is InChI=1S/C12H19NO5/c1-8(7-10(14)18-2)11(15)13-6-4-3-5-9(13)12(16)17/h8-9H,3-7H2,1-2H3,(H,16,17). The van der Waals surface area contributed by atoms with Crippen LogP contribution in [0.3, 0.4) is 0 Å². The Morgan fingerprint density at radius 3 is 2.61 bits per heavy atom. The second kappa shape index (κ2) is 6.37. The molecule has 1 saturated heterocycles. The molecule has 2 atom stereocenters. The minimum absolute atomic E-state index is 0.0157. The Hall–Kier alpha value is -1.59. The van der Waals surface area contributed by atoms with Gasteiger partial charge >= 0.3 is 11.9 Å². The highest BCUT2D eigenvalue weighted by Crippen LogP contribution is 2.20. The quantitative estimate of drug-likeness (QED) is 0.747. The molecule has 1 amide bonds. The van der Waals surface area contributed by atoms with Gasteiger partial charge in [-0.15, -0.1) is 0 Å². The summed E-state index contributed by atoms with van der Waals surface area (Å²) in [6.07, 6.45) is 2.08. The number of carboxylic acids is 1. The molecule has 0 aromatic rings. The lowest BCUT2D eigenvalue weighted by molar-refractivity contribution is -0.155. The number of likely N-dealkylation sites (tertiary alicyclic amines) is 1. The SMILES string of the molecule is COC(=O)CC(C)C(=O)N1CCCCC1C(=O)O. The zero-order valence-corrected chi connectivity index (χ0v) is 10.7. The van der Waals surface area contributed by atoms with Gasteiger partial charge in [0.25, 0.3) is 0 Å². The van der Waals surface area contributed by atoms with Crippen molar-refractivity contribution in [3.8, 4) is 0 Å². The molecule has 102 valence electrons. The molecular weight excluding hydrogens is 238 g/mol. The summed E-state index contributed by atoms with van der Waals surface area (Å²) < 4.78 is 4.51. The average Bonchev–Trinajstić information content (AvgIpc) is 2.37. The minimum atomic E-state index is -0.978. The lowest BCUT2D eigenvalue weighted by Crippen LogP contribution is -2.50. The lowest BCUT2D eigenvalue weighted by atomic mass is 9.98. The van der Waals surface area contributed by atoms with E-state index in [2.05, 4.69) is 4.74 Å². The van der Waals surface area contributed by atoms with Crippen LogP contribution in [0.15, 0.2) is 0 Å². The number of carbonyl (C=O) groups is 3. The molecule has 18 heavy (non-hydrogen) atoms. The molecule has 0 spiro atoms. The highest BCUT2D eigenvalue weighted by molar-refractivity contribution is 5.87. The summed E-state index contributed by atoms with van der Waals surface area (Å²) in [7, 11) is 1.26. The number of piperidine rings is 1. The Morgan fingerprint density at radius 2 is 2.06 bits per heavy atom. The number of carbonyl (C=O) groups excluding carboxylic acids is 2. The van der Waals surface area contributed by atoms with E-state index in [-0.39, 0.29) is 12.3 Å². The molecule has 0 aromatic heterocycles. The summed E-state index contributed by atoms with van der Waals surface area (Å²) in [4.78, 5) is 35.7. The fourth-order valence-corrected chi connectivity index (χ4v) is 2.16. The van der Waals surface area contributed by atoms with E-state index in [1.807, 2.05) is 0 Å². The largest absolute Gasteiger partial charge is 0.480 e. The molecule has 6 heteroatoms. The Morgan fingerprint density at radius 1 is 1.39 bits per heavy atom. The molecule has 0 aromatic carbocycles. The summed E-state index contributed by atoms with van der Waals surface area (Å²) in [6.45, 7) is 2.06. The lowest BCUT2D eigenvalue weighted by Gasteiger charge is -2.34. The second-order valence-corrected chi connectivity index (χ2v) is 4.56. The molecule has 1 rings (SSSR count). The molecule has 1 N–H and O–H groups in total. The smallest absolute Gasteiger partial charge is 0.326 e. The van der Waals surface area contributed by atoms with Gasteiger partial charge in [0.1, 0.15) is 6.04 Å². The van der Waals surface area contributed by atoms with Gasteiger partial charge in [-0.1, -0.05) is 6.92 Å². The summed E-state index contributed by atoms with van der Waals surface area (Å²) in [5, 5.41) is 9.08. The zero-order chi connectivity index (χ0) is 13.7. The van der Waals surface area contributed by atoms with E-state index in [1.54, 1.807) is 6.92 Å². The monoisotopic (exact) mass is 257 g/mol. The Bertz CT molecular complexity index is 341. The molecule has 0 aliphatic carbocycles. The molecule has 0 radical (unpaired) electrons. The number of amides is 1. The number of methoxy groups -OCH3 is 1. The number of hydrogen-bond acceptors (Lipinski definition) is 4. The fraction of sp³-hybridized carbons (Fsp3) is 0.750. The van der Waals surface area contributed by atoms with Crippen LogP contribution >= 0.6 is 0 Å². The van der Waals surface area contributed by atoms with Gasteiger partial charge in [-0.05, 0) is 19.3 Å². The van der Waals surface area contributed by atoms with Crippen molar-refractivity contribution < 1.29 is 24.2 Å². The molecule has 1 aliphatic heterocycles. The molecule has 1 aliphatic rings. The number of nitrogens with zero attached hydrogens (tertiary/aromatic N) is 1. The second-order valence-electron chi connectivity index (χ2n) is 4.56. The molecule has 6 nitrogen and oxygen atoms in total. The van der Waals surface area contributed by atoms with Gasteiger partial charge < -0.3 is 14.7 Å². The van der Waals surface area contributed by atoms with E-state index >= 15 is 0 Å². The van der Waals surface area contributed by atoms with E-state index in [0.717, 1.165) is 12.8 Å². The number of carboxylic acid groups (broad SMARTS) is 1. The number of rotatable bonds is 4. The third kappa shape index (κ3) is 3.45. The van der Waals surface area contributed by atoms with Crippen LogP contribution in [0.4, 0.5) is 0 Å². The van der Waals surface area contributed by atoms with E-state index < -0.39 is 23.9 Å². The van der Waals surface area contributed by atoms with Gasteiger partial charge in [0.15, 0.2) is 0 Å². The van der Waals surface area contributed by atoms with Crippen molar-refractivity contribution in [1.82, 2.24) is 4.90 Å². The summed E-state index contributed by atoms with van der Waals surface area (Å²) in [5.74, 6) is -2.27. The minimum Gasteiger partial charge on any atom is -0.480 e. The number of ether oxygens (including phenoxy) is 1. The van der Waals surface area contributed by atoms with Gasteiger partial charge in [-0.2, -0.15) is 0 Å². The van der Waals surface area contributed by atoms with Gasteiger partial charge in [-0.25, -0.2) is 4.79 Å². The van der Waals surface area contributed by atoms with Crippen LogP contribution in [0, 0.1) is 5.92 Å². The number of hydrogen-bond donors (Lipinski definition) is 1. The molecular formula is C12H19NO5. The summed E-state index contributed by atoms with van der Waals surface area (Å²) >= 11 is 0. The van der Waals surface area contributed by atoms with Crippen molar-refractivity contribution >= 4 is 17.8 Å². The zero-order valence-electron chi connectivity index (χ0n) is 10.7. The average molecular weight is 257 g/mol. The maximum absolute atomic E-state index is 12.1. The first kappa shape index (κ1) is 14.5. The topological polar surface area (TPSA) is 83.9 Å². The van der Waals surface area contributed by atoms with Crippen LogP contribution in [0.25, 0.3) is 0 Å². The number of aliphatic carboxylic acids is 1. The predicted octanol–water partition coefficient (Wildman–Crippen LogP) is 0.651. The Labute approximate surface area is 106 Å². The van der Waals surface area contributed by atoms with Crippen LogP contribution in [-0.2, 0) is 19.1 Å². The fourth-order valence-electron chi connectivity index (χ4n) is 2.16. The molecule has 0 saturated carbocycles. The van der Waals surface area contributed by atoms with Crippen LogP contribution in [0.2, 0.25) is 0 Å². The Balaban J connectivity index is 2.68. The third-order valence-corrected chi connectivity index (χ3v) is 3.19. The van der Waals surface area contributed by atoms with E-state index in [4.69, 9.17) is 5.11 Å². The van der Waals surface area contributed by atoms with Crippen molar-refractivity contribution in [2.75, 3.05) is 13.7 Å². The van der Waals surface area contributed by atoms with E-state index in [1.165, 1.54) is 12.0 Å². The molecule has 1 fully saturated rings. The first-order valence-corrected chi connectivity index (χ1v) is 6.07. The van der Waals surface area contributed by atoms with Crippen molar-refractivity contribution in [1.29, 1.82) is 0 Å². The van der Waals surface area contributed by atoms with Gasteiger partial charge in [0, 0.05) is 12.5 Å². The van der Waals surface area contributed by atoms with Crippen LogP contribution in [0.1, 0.15) is 32.6 Å². The van der Waals surface area contributed by atoms with Crippen molar-refractivity contribution in [2.24, 2.45) is 5.92 Å². The highest BCUT2D eigenvalue weighted by atomic mass is 16.5. The normalized spacial score (nSPS) is 21.2. The van der Waals surface area contributed by atoms with Crippen molar-refractivity contribution in [3.05, 3.63) is 0 Å².